The van der Waals surface area contributed by atoms with Gasteiger partial charge in [0, 0.05) is 19.1 Å². The molecular weight excluding hydrogens is 166 g/mol. The van der Waals surface area contributed by atoms with E-state index in [0.29, 0.717) is 12.6 Å². The van der Waals surface area contributed by atoms with Crippen LogP contribution in [0.25, 0.3) is 0 Å². The van der Waals surface area contributed by atoms with Gasteiger partial charge in [0.2, 0.25) is 0 Å². The van der Waals surface area contributed by atoms with E-state index >= 15 is 0 Å². The monoisotopic (exact) mass is 185 g/mol. The zero-order chi connectivity index (χ0) is 9.84. The van der Waals surface area contributed by atoms with E-state index in [0.717, 1.165) is 19.5 Å². The molecule has 13 heavy (non-hydrogen) atoms. The second-order valence-electron chi connectivity index (χ2n) is 3.89. The van der Waals surface area contributed by atoms with E-state index in [1.165, 1.54) is 0 Å². The van der Waals surface area contributed by atoms with Gasteiger partial charge in [-0.15, -0.1) is 0 Å². The average molecular weight is 185 g/mol. The number of nitrogens with zero attached hydrogens (tertiary/aromatic N) is 1. The van der Waals surface area contributed by atoms with E-state index in [-0.39, 0.29) is 11.9 Å². The molecule has 1 saturated heterocycles. The van der Waals surface area contributed by atoms with E-state index in [9.17, 15) is 4.79 Å². The lowest BCUT2D eigenvalue weighted by molar-refractivity contribution is -0.127. The predicted octanol–water partition coefficient (Wildman–Crippen LogP) is 1.07. The predicted molar refractivity (Wildman–Crippen MR) is 51.7 cm³/mol. The standard InChI is InChI=1S/C10H19NO2/c1-8(2)11-5-4-10(9(3)12)13-7-6-11/h8,10H,4-7H2,1-3H3. The van der Waals surface area contributed by atoms with E-state index in [1.807, 2.05) is 0 Å². The molecule has 0 saturated carbocycles. The van der Waals surface area contributed by atoms with Gasteiger partial charge in [-0.2, -0.15) is 0 Å². The molecule has 3 heteroatoms. The Balaban J connectivity index is 2.44. The third kappa shape index (κ3) is 3.08. The highest BCUT2D eigenvalue weighted by molar-refractivity contribution is 5.80. The molecule has 0 bridgehead atoms. The minimum atomic E-state index is -0.163. The molecule has 0 amide bonds. The molecule has 1 fully saturated rings. The Hall–Kier alpha value is -0.410. The number of carbonyl (C=O) groups is 1. The van der Waals surface area contributed by atoms with Crippen LogP contribution in [0.3, 0.4) is 0 Å². The SMILES string of the molecule is CC(=O)C1CCN(C(C)C)CCO1. The van der Waals surface area contributed by atoms with Gasteiger partial charge < -0.3 is 4.74 Å². The first kappa shape index (κ1) is 10.7. The maximum Gasteiger partial charge on any atom is 0.158 e. The van der Waals surface area contributed by atoms with Gasteiger partial charge in [0.15, 0.2) is 5.78 Å². The molecule has 1 atom stereocenters. The molecule has 1 rings (SSSR count). The van der Waals surface area contributed by atoms with Crippen LogP contribution in [0.1, 0.15) is 27.2 Å². The molecule has 0 radical (unpaired) electrons. The highest BCUT2D eigenvalue weighted by Gasteiger charge is 2.21. The van der Waals surface area contributed by atoms with Crippen molar-refractivity contribution in [3.8, 4) is 0 Å². The largest absolute Gasteiger partial charge is 0.369 e. The Bertz CT molecular complexity index is 180. The summed E-state index contributed by atoms with van der Waals surface area (Å²) >= 11 is 0. The fourth-order valence-corrected chi connectivity index (χ4v) is 1.63. The number of ether oxygens (including phenoxy) is 1. The first-order valence-corrected chi connectivity index (χ1v) is 4.97. The van der Waals surface area contributed by atoms with E-state index in [2.05, 4.69) is 18.7 Å². The third-order valence-corrected chi connectivity index (χ3v) is 2.56. The summed E-state index contributed by atoms with van der Waals surface area (Å²) < 4.78 is 5.45. The van der Waals surface area contributed by atoms with Gasteiger partial charge in [0.1, 0.15) is 6.10 Å². The van der Waals surface area contributed by atoms with Crippen molar-refractivity contribution < 1.29 is 9.53 Å². The Morgan fingerprint density at radius 3 is 2.69 bits per heavy atom. The first-order chi connectivity index (χ1) is 6.11. The maximum absolute atomic E-state index is 11.1. The maximum atomic E-state index is 11.1. The van der Waals surface area contributed by atoms with Crippen molar-refractivity contribution in [2.24, 2.45) is 0 Å². The van der Waals surface area contributed by atoms with Crippen molar-refractivity contribution >= 4 is 5.78 Å². The van der Waals surface area contributed by atoms with Crippen molar-refractivity contribution in [1.82, 2.24) is 4.90 Å². The molecular formula is C10H19NO2. The van der Waals surface area contributed by atoms with Crippen molar-refractivity contribution in [2.75, 3.05) is 19.7 Å². The Labute approximate surface area is 80.1 Å². The summed E-state index contributed by atoms with van der Waals surface area (Å²) in [5.74, 6) is 0.158. The minimum Gasteiger partial charge on any atom is -0.369 e. The average Bonchev–Trinajstić information content (AvgIpc) is 2.27. The van der Waals surface area contributed by atoms with Crippen molar-refractivity contribution in [2.45, 2.75) is 39.3 Å². The van der Waals surface area contributed by atoms with Gasteiger partial charge in [-0.05, 0) is 27.2 Å². The molecule has 0 aromatic heterocycles. The summed E-state index contributed by atoms with van der Waals surface area (Å²) in [6.45, 7) is 8.56. The second kappa shape index (κ2) is 4.72. The van der Waals surface area contributed by atoms with Gasteiger partial charge in [0.25, 0.3) is 0 Å². The summed E-state index contributed by atoms with van der Waals surface area (Å²) in [6, 6.07) is 0.550. The van der Waals surface area contributed by atoms with Crippen LogP contribution in [0.5, 0.6) is 0 Å². The fourth-order valence-electron chi connectivity index (χ4n) is 1.63. The van der Waals surface area contributed by atoms with Crippen LogP contribution >= 0.6 is 0 Å². The number of rotatable bonds is 2. The quantitative estimate of drug-likeness (QED) is 0.644. The Morgan fingerprint density at radius 1 is 1.46 bits per heavy atom. The van der Waals surface area contributed by atoms with E-state index < -0.39 is 0 Å². The van der Waals surface area contributed by atoms with Gasteiger partial charge in [-0.1, -0.05) is 0 Å². The number of ketones is 1. The highest BCUT2D eigenvalue weighted by Crippen LogP contribution is 2.10. The van der Waals surface area contributed by atoms with Crippen LogP contribution < -0.4 is 0 Å². The summed E-state index contributed by atoms with van der Waals surface area (Å²) in [6.07, 6.45) is 0.678. The molecule has 1 aliphatic rings. The fraction of sp³-hybridized carbons (Fsp3) is 0.900. The molecule has 1 heterocycles. The molecule has 0 N–H and O–H groups in total. The Kier molecular flexibility index (Phi) is 3.88. The van der Waals surface area contributed by atoms with E-state index in [1.54, 1.807) is 6.92 Å². The van der Waals surface area contributed by atoms with Crippen LogP contribution in [0.15, 0.2) is 0 Å². The second-order valence-corrected chi connectivity index (χ2v) is 3.89. The van der Waals surface area contributed by atoms with Crippen LogP contribution in [0.4, 0.5) is 0 Å². The summed E-state index contributed by atoms with van der Waals surface area (Å²) in [4.78, 5) is 13.4. The van der Waals surface area contributed by atoms with Gasteiger partial charge >= 0.3 is 0 Å². The van der Waals surface area contributed by atoms with Crippen LogP contribution in [-0.2, 0) is 9.53 Å². The lowest BCUT2D eigenvalue weighted by Gasteiger charge is -2.23. The first-order valence-electron chi connectivity index (χ1n) is 4.97. The van der Waals surface area contributed by atoms with Crippen molar-refractivity contribution in [3.05, 3.63) is 0 Å². The van der Waals surface area contributed by atoms with Crippen LogP contribution in [-0.4, -0.2) is 42.5 Å². The van der Waals surface area contributed by atoms with Crippen LogP contribution in [0, 0.1) is 0 Å². The lowest BCUT2D eigenvalue weighted by atomic mass is 10.2. The molecule has 0 aliphatic carbocycles. The molecule has 3 nitrogen and oxygen atoms in total. The summed E-state index contributed by atoms with van der Waals surface area (Å²) in [5.41, 5.74) is 0. The van der Waals surface area contributed by atoms with Gasteiger partial charge in [-0.25, -0.2) is 0 Å². The molecule has 76 valence electrons. The topological polar surface area (TPSA) is 29.5 Å². The Morgan fingerprint density at radius 2 is 2.15 bits per heavy atom. The zero-order valence-electron chi connectivity index (χ0n) is 8.75. The normalized spacial score (nSPS) is 26.0. The van der Waals surface area contributed by atoms with Crippen molar-refractivity contribution in [3.63, 3.8) is 0 Å². The van der Waals surface area contributed by atoms with Gasteiger partial charge in [0.05, 0.1) is 6.61 Å². The lowest BCUT2D eigenvalue weighted by Crippen LogP contribution is -2.33. The highest BCUT2D eigenvalue weighted by atomic mass is 16.5. The van der Waals surface area contributed by atoms with Crippen molar-refractivity contribution in [1.29, 1.82) is 0 Å². The van der Waals surface area contributed by atoms with E-state index in [4.69, 9.17) is 4.74 Å². The van der Waals surface area contributed by atoms with Gasteiger partial charge in [-0.3, -0.25) is 9.69 Å². The molecule has 1 aliphatic heterocycles. The third-order valence-electron chi connectivity index (χ3n) is 2.56. The number of hydrogen-bond acceptors (Lipinski definition) is 3. The summed E-state index contributed by atoms with van der Waals surface area (Å²) in [7, 11) is 0. The number of Topliss-reactive ketones (excluding diaryl/α,β-unsaturated/α-hetero) is 1. The molecule has 0 aromatic carbocycles. The summed E-state index contributed by atoms with van der Waals surface area (Å²) in [5, 5.41) is 0. The molecule has 1 unspecified atom stereocenters. The van der Waals surface area contributed by atoms with Crippen LogP contribution in [0.2, 0.25) is 0 Å². The minimum absolute atomic E-state index is 0.158. The number of hydrogen-bond donors (Lipinski definition) is 0. The smallest absolute Gasteiger partial charge is 0.158 e. The molecule has 0 spiro atoms. The number of carbonyl (C=O) groups excluding carboxylic acids is 1. The molecule has 0 aromatic rings. The zero-order valence-corrected chi connectivity index (χ0v) is 8.75.